The van der Waals surface area contributed by atoms with E-state index in [-0.39, 0.29) is 11.3 Å². The fourth-order valence-electron chi connectivity index (χ4n) is 4.80. The molecule has 27 heavy (non-hydrogen) atoms. The first-order valence-electron chi connectivity index (χ1n) is 10.0. The lowest BCUT2D eigenvalue weighted by Gasteiger charge is -2.48. The Bertz CT molecular complexity index is 712. The predicted octanol–water partition coefficient (Wildman–Crippen LogP) is 1.33. The molecule has 0 aliphatic carbocycles. The van der Waals surface area contributed by atoms with Gasteiger partial charge in [0.15, 0.2) is 0 Å². The maximum atomic E-state index is 12.7. The summed E-state index contributed by atoms with van der Waals surface area (Å²) in [4.78, 5) is 40.0. The molecule has 146 valence electrons. The maximum absolute atomic E-state index is 12.7. The Morgan fingerprint density at radius 1 is 1.15 bits per heavy atom. The van der Waals surface area contributed by atoms with Crippen LogP contribution in [0.2, 0.25) is 0 Å². The van der Waals surface area contributed by atoms with Gasteiger partial charge in [-0.05, 0) is 51.6 Å². The van der Waals surface area contributed by atoms with E-state index >= 15 is 0 Å². The molecule has 1 spiro atoms. The standard InChI is InChI=1S/C20H29N5O2/c1-15-11-22-17(12-21-15)19(27)24-9-6-20(7-10-24)5-3-18(26)25(14-20)16-4-8-23(2)13-16/h11-12,16H,3-10,13-14H2,1-2H3/t16-/m1/s1. The number of carbonyl (C=O) groups excluding carboxylic acids is 2. The molecule has 0 radical (unpaired) electrons. The first kappa shape index (κ1) is 18.3. The summed E-state index contributed by atoms with van der Waals surface area (Å²) in [6, 6.07) is 0.363. The van der Waals surface area contributed by atoms with E-state index in [9.17, 15) is 9.59 Å². The molecule has 2 amide bonds. The number of nitrogens with zero attached hydrogens (tertiary/aromatic N) is 5. The van der Waals surface area contributed by atoms with Gasteiger partial charge < -0.3 is 14.7 Å². The molecule has 0 N–H and O–H groups in total. The van der Waals surface area contributed by atoms with Crippen LogP contribution >= 0.6 is 0 Å². The van der Waals surface area contributed by atoms with Gasteiger partial charge in [0.25, 0.3) is 5.91 Å². The summed E-state index contributed by atoms with van der Waals surface area (Å²) in [5.41, 5.74) is 1.41. The summed E-state index contributed by atoms with van der Waals surface area (Å²) in [5.74, 6) is 0.285. The van der Waals surface area contributed by atoms with E-state index < -0.39 is 0 Å². The monoisotopic (exact) mass is 371 g/mol. The van der Waals surface area contributed by atoms with Gasteiger partial charge in [-0.2, -0.15) is 0 Å². The van der Waals surface area contributed by atoms with Crippen LogP contribution in [0.5, 0.6) is 0 Å². The van der Waals surface area contributed by atoms with Crippen LogP contribution in [0.4, 0.5) is 0 Å². The summed E-state index contributed by atoms with van der Waals surface area (Å²) < 4.78 is 0. The van der Waals surface area contributed by atoms with Gasteiger partial charge in [0.05, 0.1) is 11.9 Å². The molecule has 3 aliphatic heterocycles. The van der Waals surface area contributed by atoms with Crippen LogP contribution in [-0.2, 0) is 4.79 Å². The number of piperidine rings is 2. The van der Waals surface area contributed by atoms with Crippen molar-refractivity contribution in [2.24, 2.45) is 5.41 Å². The van der Waals surface area contributed by atoms with Gasteiger partial charge in [-0.25, -0.2) is 4.98 Å². The van der Waals surface area contributed by atoms with E-state index in [1.54, 1.807) is 12.4 Å². The second-order valence-electron chi connectivity index (χ2n) is 8.56. The second-order valence-corrected chi connectivity index (χ2v) is 8.56. The number of rotatable bonds is 2. The van der Waals surface area contributed by atoms with Crippen LogP contribution in [0.3, 0.4) is 0 Å². The molecule has 3 aliphatic rings. The van der Waals surface area contributed by atoms with Crippen molar-refractivity contribution < 1.29 is 9.59 Å². The quantitative estimate of drug-likeness (QED) is 0.785. The molecule has 4 heterocycles. The lowest BCUT2D eigenvalue weighted by molar-refractivity contribution is -0.141. The van der Waals surface area contributed by atoms with Crippen molar-refractivity contribution in [1.82, 2.24) is 24.7 Å². The molecule has 7 heteroatoms. The largest absolute Gasteiger partial charge is 0.338 e. The number of hydrogen-bond acceptors (Lipinski definition) is 5. The van der Waals surface area contributed by atoms with Gasteiger partial charge in [0, 0.05) is 44.8 Å². The number of aryl methyl sites for hydroxylation is 1. The van der Waals surface area contributed by atoms with E-state index in [2.05, 4.69) is 26.8 Å². The van der Waals surface area contributed by atoms with Gasteiger partial charge >= 0.3 is 0 Å². The maximum Gasteiger partial charge on any atom is 0.274 e. The van der Waals surface area contributed by atoms with Crippen LogP contribution < -0.4 is 0 Å². The Kier molecular flexibility index (Phi) is 4.88. The smallest absolute Gasteiger partial charge is 0.274 e. The van der Waals surface area contributed by atoms with Gasteiger partial charge in [0.2, 0.25) is 5.91 Å². The zero-order valence-electron chi connectivity index (χ0n) is 16.4. The fraction of sp³-hybridized carbons (Fsp3) is 0.700. The average molecular weight is 371 g/mol. The van der Waals surface area contributed by atoms with Gasteiger partial charge in [0.1, 0.15) is 5.69 Å². The van der Waals surface area contributed by atoms with Crippen molar-refractivity contribution in [2.45, 2.75) is 45.1 Å². The Hall–Kier alpha value is -2.02. The first-order chi connectivity index (χ1) is 13.0. The molecule has 1 atom stereocenters. The molecule has 1 aromatic rings. The van der Waals surface area contributed by atoms with E-state index in [4.69, 9.17) is 0 Å². The van der Waals surface area contributed by atoms with Crippen molar-refractivity contribution in [1.29, 1.82) is 0 Å². The van der Waals surface area contributed by atoms with Gasteiger partial charge in [-0.3, -0.25) is 14.6 Å². The molecule has 4 rings (SSSR count). The van der Waals surface area contributed by atoms with Crippen LogP contribution in [0.25, 0.3) is 0 Å². The van der Waals surface area contributed by atoms with E-state index in [0.29, 0.717) is 24.1 Å². The number of likely N-dealkylation sites (N-methyl/N-ethyl adjacent to an activating group) is 1. The Balaban J connectivity index is 1.39. The van der Waals surface area contributed by atoms with Crippen molar-refractivity contribution in [2.75, 3.05) is 39.8 Å². The van der Waals surface area contributed by atoms with Crippen LogP contribution in [0.15, 0.2) is 12.4 Å². The number of carbonyl (C=O) groups is 2. The summed E-state index contributed by atoms with van der Waals surface area (Å²) >= 11 is 0. The van der Waals surface area contributed by atoms with Crippen LogP contribution in [0.1, 0.15) is 48.3 Å². The minimum absolute atomic E-state index is 0.0292. The molecule has 3 saturated heterocycles. The van der Waals surface area contributed by atoms with Crippen molar-refractivity contribution >= 4 is 11.8 Å². The molecule has 0 bridgehead atoms. The summed E-state index contributed by atoms with van der Waals surface area (Å²) in [6.45, 7) is 6.25. The highest BCUT2D eigenvalue weighted by atomic mass is 16.2. The predicted molar refractivity (Wildman–Crippen MR) is 101 cm³/mol. The zero-order chi connectivity index (χ0) is 19.0. The third-order valence-corrected chi connectivity index (χ3v) is 6.61. The molecule has 3 fully saturated rings. The lowest BCUT2D eigenvalue weighted by atomic mass is 9.72. The summed E-state index contributed by atoms with van der Waals surface area (Å²) in [7, 11) is 2.13. The summed E-state index contributed by atoms with van der Waals surface area (Å²) in [6.07, 6.45) is 7.82. The van der Waals surface area contributed by atoms with Crippen molar-refractivity contribution in [3.8, 4) is 0 Å². The van der Waals surface area contributed by atoms with Gasteiger partial charge in [-0.15, -0.1) is 0 Å². The van der Waals surface area contributed by atoms with Gasteiger partial charge in [-0.1, -0.05) is 0 Å². The Morgan fingerprint density at radius 3 is 2.56 bits per heavy atom. The fourth-order valence-corrected chi connectivity index (χ4v) is 4.80. The minimum Gasteiger partial charge on any atom is -0.338 e. The highest BCUT2D eigenvalue weighted by molar-refractivity contribution is 5.92. The molecule has 0 aromatic carbocycles. The highest BCUT2D eigenvalue weighted by Crippen LogP contribution is 2.41. The van der Waals surface area contributed by atoms with E-state index in [0.717, 1.165) is 64.1 Å². The topological polar surface area (TPSA) is 69.6 Å². The SMILES string of the molecule is Cc1cnc(C(=O)N2CCC3(CCC(=O)N([C@@H]4CCN(C)C4)C3)CC2)cn1. The number of hydrogen-bond donors (Lipinski definition) is 0. The third-order valence-electron chi connectivity index (χ3n) is 6.61. The second kappa shape index (κ2) is 7.19. The molecule has 0 saturated carbocycles. The highest BCUT2D eigenvalue weighted by Gasteiger charge is 2.44. The van der Waals surface area contributed by atoms with Crippen LogP contribution in [0, 0.1) is 12.3 Å². The molecule has 0 unspecified atom stereocenters. The molecule has 7 nitrogen and oxygen atoms in total. The number of amides is 2. The molecular formula is C20H29N5O2. The average Bonchev–Trinajstić information content (AvgIpc) is 3.11. The van der Waals surface area contributed by atoms with Crippen molar-refractivity contribution in [3.63, 3.8) is 0 Å². The Labute approximate surface area is 160 Å². The zero-order valence-corrected chi connectivity index (χ0v) is 16.4. The van der Waals surface area contributed by atoms with E-state index in [1.807, 2.05) is 11.8 Å². The lowest BCUT2D eigenvalue weighted by Crippen LogP contribution is -2.55. The first-order valence-corrected chi connectivity index (χ1v) is 10.0. The normalized spacial score (nSPS) is 26.0. The third kappa shape index (κ3) is 3.70. The minimum atomic E-state index is -0.0292. The van der Waals surface area contributed by atoms with E-state index in [1.165, 1.54) is 0 Å². The number of likely N-dealkylation sites (tertiary alicyclic amines) is 3. The van der Waals surface area contributed by atoms with Crippen LogP contribution in [-0.4, -0.2) is 82.3 Å². The number of aromatic nitrogens is 2. The Morgan fingerprint density at radius 2 is 1.93 bits per heavy atom. The molecular weight excluding hydrogens is 342 g/mol. The summed E-state index contributed by atoms with van der Waals surface area (Å²) in [5, 5.41) is 0. The molecule has 1 aromatic heterocycles. The van der Waals surface area contributed by atoms with Crippen molar-refractivity contribution in [3.05, 3.63) is 23.8 Å².